The van der Waals surface area contributed by atoms with E-state index in [1.165, 1.54) is 38.5 Å². The summed E-state index contributed by atoms with van der Waals surface area (Å²) in [4.78, 5) is 14.5. The molecule has 1 unspecified atom stereocenters. The van der Waals surface area contributed by atoms with Crippen LogP contribution < -0.4 is 0 Å². The maximum Gasteiger partial charge on any atom is 0.248 e. The Bertz CT molecular complexity index is 575. The SMILES string of the molecule is CCOCC(=O)N1CC(c2nncn2C2CC2)C2(CCCC2)C1. The van der Waals surface area contributed by atoms with E-state index < -0.39 is 0 Å². The number of carbonyl (C=O) groups is 1. The topological polar surface area (TPSA) is 60.2 Å². The van der Waals surface area contributed by atoms with Crippen molar-refractivity contribution in [2.24, 2.45) is 5.41 Å². The molecule has 2 heterocycles. The van der Waals surface area contributed by atoms with Gasteiger partial charge in [0.2, 0.25) is 5.91 Å². The maximum absolute atomic E-state index is 12.4. The number of hydrogen-bond donors (Lipinski definition) is 0. The first-order valence-electron chi connectivity index (χ1n) is 8.98. The Hall–Kier alpha value is -1.43. The normalized spacial score (nSPS) is 26.3. The average molecular weight is 318 g/mol. The molecule has 2 saturated carbocycles. The van der Waals surface area contributed by atoms with Crippen LogP contribution in [0.15, 0.2) is 6.33 Å². The second-order valence-electron chi connectivity index (χ2n) is 7.36. The first-order valence-corrected chi connectivity index (χ1v) is 8.98. The van der Waals surface area contributed by atoms with Crippen molar-refractivity contribution in [3.05, 3.63) is 12.2 Å². The van der Waals surface area contributed by atoms with Gasteiger partial charge in [0.15, 0.2) is 0 Å². The van der Waals surface area contributed by atoms with Gasteiger partial charge >= 0.3 is 0 Å². The zero-order chi connectivity index (χ0) is 15.9. The Morgan fingerprint density at radius 1 is 1.39 bits per heavy atom. The van der Waals surface area contributed by atoms with E-state index in [4.69, 9.17) is 4.74 Å². The van der Waals surface area contributed by atoms with Crippen molar-refractivity contribution >= 4 is 5.91 Å². The van der Waals surface area contributed by atoms with Gasteiger partial charge in [0.25, 0.3) is 0 Å². The number of carbonyl (C=O) groups excluding carboxylic acids is 1. The third-order valence-electron chi connectivity index (χ3n) is 5.88. The van der Waals surface area contributed by atoms with Crippen LogP contribution in [0.4, 0.5) is 0 Å². The lowest BCUT2D eigenvalue weighted by molar-refractivity contribution is -0.135. The summed E-state index contributed by atoms with van der Waals surface area (Å²) in [5.74, 6) is 1.57. The van der Waals surface area contributed by atoms with E-state index in [-0.39, 0.29) is 17.9 Å². The molecular formula is C17H26N4O2. The first kappa shape index (κ1) is 15.1. The molecule has 1 saturated heterocycles. The van der Waals surface area contributed by atoms with Gasteiger partial charge in [-0.15, -0.1) is 10.2 Å². The largest absolute Gasteiger partial charge is 0.372 e. The third-order valence-corrected chi connectivity index (χ3v) is 5.88. The second-order valence-corrected chi connectivity index (χ2v) is 7.36. The van der Waals surface area contributed by atoms with Crippen molar-refractivity contribution < 1.29 is 9.53 Å². The van der Waals surface area contributed by atoms with E-state index in [0.717, 1.165) is 18.9 Å². The van der Waals surface area contributed by atoms with Gasteiger partial charge in [-0.1, -0.05) is 12.8 Å². The summed E-state index contributed by atoms with van der Waals surface area (Å²) in [6.07, 6.45) is 9.29. The number of amides is 1. The fraction of sp³-hybridized carbons (Fsp3) is 0.824. The Balaban J connectivity index is 1.59. The lowest BCUT2D eigenvalue weighted by atomic mass is 9.76. The minimum absolute atomic E-state index is 0.123. The molecule has 0 radical (unpaired) electrons. The lowest BCUT2D eigenvalue weighted by Crippen LogP contribution is -2.33. The van der Waals surface area contributed by atoms with Crippen molar-refractivity contribution in [1.82, 2.24) is 19.7 Å². The Morgan fingerprint density at radius 2 is 2.17 bits per heavy atom. The maximum atomic E-state index is 12.4. The van der Waals surface area contributed by atoms with Gasteiger partial charge in [-0.2, -0.15) is 0 Å². The number of nitrogens with zero attached hydrogens (tertiary/aromatic N) is 4. The zero-order valence-electron chi connectivity index (χ0n) is 13.9. The zero-order valence-corrected chi connectivity index (χ0v) is 13.9. The Kier molecular flexibility index (Phi) is 3.87. The molecule has 1 aromatic rings. The Labute approximate surface area is 137 Å². The highest BCUT2D eigenvalue weighted by molar-refractivity contribution is 5.78. The standard InChI is InChI=1S/C17H26N4O2/c1-2-23-10-15(22)20-9-14(17(11-20)7-3-4-8-17)16-19-18-12-21(16)13-5-6-13/h12-14H,2-11H2,1H3. The summed E-state index contributed by atoms with van der Waals surface area (Å²) in [6, 6.07) is 0.589. The van der Waals surface area contributed by atoms with E-state index in [2.05, 4.69) is 14.8 Å². The van der Waals surface area contributed by atoms with Gasteiger partial charge < -0.3 is 14.2 Å². The molecule has 1 spiro atoms. The van der Waals surface area contributed by atoms with Gasteiger partial charge in [-0.3, -0.25) is 4.79 Å². The van der Waals surface area contributed by atoms with Crippen LogP contribution in [0, 0.1) is 5.41 Å². The molecule has 3 aliphatic rings. The predicted molar refractivity (Wildman–Crippen MR) is 85.0 cm³/mol. The van der Waals surface area contributed by atoms with Crippen LogP contribution in [-0.2, 0) is 9.53 Å². The van der Waals surface area contributed by atoms with E-state index in [0.29, 0.717) is 18.6 Å². The quantitative estimate of drug-likeness (QED) is 0.834. The molecule has 0 N–H and O–H groups in total. The van der Waals surface area contributed by atoms with Gasteiger partial charge in [0.05, 0.1) is 0 Å². The minimum Gasteiger partial charge on any atom is -0.372 e. The van der Waals surface area contributed by atoms with Crippen LogP contribution in [-0.4, -0.2) is 51.9 Å². The molecule has 2 aliphatic carbocycles. The van der Waals surface area contributed by atoms with Gasteiger partial charge in [0, 0.05) is 31.7 Å². The van der Waals surface area contributed by atoms with Gasteiger partial charge in [0.1, 0.15) is 18.8 Å². The van der Waals surface area contributed by atoms with Crippen LogP contribution in [0.1, 0.15) is 63.2 Å². The fourth-order valence-electron chi connectivity index (χ4n) is 4.52. The highest BCUT2D eigenvalue weighted by atomic mass is 16.5. The van der Waals surface area contributed by atoms with Crippen LogP contribution >= 0.6 is 0 Å². The minimum atomic E-state index is 0.123. The molecule has 1 aromatic heterocycles. The molecule has 4 rings (SSSR count). The molecule has 1 amide bonds. The van der Waals surface area contributed by atoms with Gasteiger partial charge in [-0.25, -0.2) is 0 Å². The number of aromatic nitrogens is 3. The first-order chi connectivity index (χ1) is 11.2. The summed E-state index contributed by atoms with van der Waals surface area (Å²) < 4.78 is 7.61. The molecule has 0 aromatic carbocycles. The summed E-state index contributed by atoms with van der Waals surface area (Å²) in [7, 11) is 0. The summed E-state index contributed by atoms with van der Waals surface area (Å²) in [5.41, 5.74) is 0.210. The summed E-state index contributed by atoms with van der Waals surface area (Å²) >= 11 is 0. The molecule has 23 heavy (non-hydrogen) atoms. The smallest absolute Gasteiger partial charge is 0.248 e. The molecular weight excluding hydrogens is 292 g/mol. The van der Waals surface area contributed by atoms with Crippen LogP contribution in [0.25, 0.3) is 0 Å². The van der Waals surface area contributed by atoms with Crippen molar-refractivity contribution in [3.63, 3.8) is 0 Å². The van der Waals surface area contributed by atoms with Crippen LogP contribution in [0.5, 0.6) is 0 Å². The number of hydrogen-bond acceptors (Lipinski definition) is 4. The number of likely N-dealkylation sites (tertiary alicyclic amines) is 1. The van der Waals surface area contributed by atoms with E-state index in [9.17, 15) is 4.79 Å². The van der Waals surface area contributed by atoms with Gasteiger partial charge in [-0.05, 0) is 38.0 Å². The van der Waals surface area contributed by atoms with Crippen molar-refractivity contribution in [1.29, 1.82) is 0 Å². The highest BCUT2D eigenvalue weighted by Crippen LogP contribution is 2.53. The van der Waals surface area contributed by atoms with Crippen LogP contribution in [0.2, 0.25) is 0 Å². The average Bonchev–Trinajstić information content (AvgIpc) is 3.01. The third kappa shape index (κ3) is 2.67. The number of ether oxygens (including phenoxy) is 1. The molecule has 1 atom stereocenters. The van der Waals surface area contributed by atoms with Crippen molar-refractivity contribution in [2.75, 3.05) is 26.3 Å². The molecule has 3 fully saturated rings. The van der Waals surface area contributed by atoms with E-state index >= 15 is 0 Å². The monoisotopic (exact) mass is 318 g/mol. The molecule has 1 aliphatic heterocycles. The predicted octanol–water partition coefficient (Wildman–Crippen LogP) is 2.14. The second kappa shape index (κ2) is 5.89. The molecule has 0 bridgehead atoms. The van der Waals surface area contributed by atoms with E-state index in [1.807, 2.05) is 18.2 Å². The number of rotatable bonds is 5. The Morgan fingerprint density at radius 3 is 2.87 bits per heavy atom. The molecule has 126 valence electrons. The lowest BCUT2D eigenvalue weighted by Gasteiger charge is -2.29. The van der Waals surface area contributed by atoms with E-state index in [1.54, 1.807) is 0 Å². The fourth-order valence-corrected chi connectivity index (χ4v) is 4.52. The molecule has 6 heteroatoms. The highest BCUT2D eigenvalue weighted by Gasteiger charge is 2.52. The van der Waals surface area contributed by atoms with Crippen LogP contribution in [0.3, 0.4) is 0 Å². The summed E-state index contributed by atoms with van der Waals surface area (Å²) in [6.45, 7) is 4.35. The van der Waals surface area contributed by atoms with Crippen molar-refractivity contribution in [3.8, 4) is 0 Å². The van der Waals surface area contributed by atoms with Crippen molar-refractivity contribution in [2.45, 2.75) is 57.4 Å². The summed E-state index contributed by atoms with van der Waals surface area (Å²) in [5, 5.41) is 8.66. The molecule has 6 nitrogen and oxygen atoms in total.